The van der Waals surface area contributed by atoms with Gasteiger partial charge in [0, 0.05) is 11.1 Å². The van der Waals surface area contributed by atoms with Crippen LogP contribution in [0.1, 0.15) is 23.7 Å². The number of amides is 1. The Labute approximate surface area is 119 Å². The van der Waals surface area contributed by atoms with E-state index in [2.05, 4.69) is 21.2 Å². The maximum atomic E-state index is 12.1. The van der Waals surface area contributed by atoms with Gasteiger partial charge in [0.05, 0.1) is 23.3 Å². The number of carboxylic acid groups (broad SMARTS) is 1. The number of hydrogen-bond donors (Lipinski definition) is 2. The lowest BCUT2D eigenvalue weighted by atomic mass is 10.0. The van der Waals surface area contributed by atoms with E-state index in [1.165, 1.54) is 6.07 Å². The van der Waals surface area contributed by atoms with Gasteiger partial charge in [-0.1, -0.05) is 15.9 Å². The van der Waals surface area contributed by atoms with Crippen LogP contribution in [0.5, 0.6) is 0 Å². The normalized spacial score (nSPS) is 22.2. The van der Waals surface area contributed by atoms with Crippen LogP contribution in [0.3, 0.4) is 0 Å². The third kappa shape index (κ3) is 3.13. The zero-order chi connectivity index (χ0) is 14.0. The van der Waals surface area contributed by atoms with Crippen LogP contribution in [-0.4, -0.2) is 29.7 Å². The van der Waals surface area contributed by atoms with Gasteiger partial charge in [-0.3, -0.25) is 4.79 Å². The minimum atomic E-state index is -1.08. The van der Waals surface area contributed by atoms with E-state index in [0.717, 1.165) is 0 Å². The van der Waals surface area contributed by atoms with E-state index in [4.69, 9.17) is 9.84 Å². The van der Waals surface area contributed by atoms with E-state index in [9.17, 15) is 9.59 Å². The molecule has 1 heterocycles. The van der Waals surface area contributed by atoms with Crippen molar-refractivity contribution < 1.29 is 19.4 Å². The van der Waals surface area contributed by atoms with Crippen LogP contribution in [0, 0.1) is 5.92 Å². The maximum absolute atomic E-state index is 12.1. The predicted octanol–water partition coefficient (Wildman–Crippen LogP) is 2.51. The topological polar surface area (TPSA) is 75.6 Å². The molecule has 1 amide bonds. The fourth-order valence-electron chi connectivity index (χ4n) is 2.10. The van der Waals surface area contributed by atoms with Gasteiger partial charge in [0.15, 0.2) is 0 Å². The highest BCUT2D eigenvalue weighted by Crippen LogP contribution is 2.25. The lowest BCUT2D eigenvalue weighted by molar-refractivity contribution is -0.121. The Bertz CT molecular complexity index is 517. The molecule has 1 fully saturated rings. The van der Waals surface area contributed by atoms with Crippen molar-refractivity contribution in [2.75, 3.05) is 11.9 Å². The Morgan fingerprint density at radius 1 is 1.47 bits per heavy atom. The van der Waals surface area contributed by atoms with Gasteiger partial charge in [-0.15, -0.1) is 0 Å². The molecule has 2 rings (SSSR count). The number of benzene rings is 1. The number of rotatable bonds is 3. The summed E-state index contributed by atoms with van der Waals surface area (Å²) < 4.78 is 5.99. The van der Waals surface area contributed by atoms with Crippen LogP contribution in [-0.2, 0) is 9.53 Å². The fraction of sp³-hybridized carbons (Fsp3) is 0.385. The van der Waals surface area contributed by atoms with Gasteiger partial charge < -0.3 is 15.2 Å². The second-order valence-electron chi connectivity index (χ2n) is 4.46. The highest BCUT2D eigenvalue weighted by molar-refractivity contribution is 9.10. The third-order valence-corrected chi connectivity index (χ3v) is 3.68. The molecule has 102 valence electrons. The van der Waals surface area contributed by atoms with Crippen molar-refractivity contribution in [3.63, 3.8) is 0 Å². The molecule has 1 saturated heterocycles. The molecular weight excluding hydrogens is 314 g/mol. The molecule has 2 unspecified atom stereocenters. The summed E-state index contributed by atoms with van der Waals surface area (Å²) in [5, 5.41) is 11.8. The summed E-state index contributed by atoms with van der Waals surface area (Å²) in [7, 11) is 0. The number of carbonyl (C=O) groups is 2. The SMILES string of the molecule is CC1OCCC1C(=O)Nc1ccc(Br)cc1C(=O)O. The number of hydrogen-bond acceptors (Lipinski definition) is 3. The van der Waals surface area contributed by atoms with Gasteiger partial charge in [-0.25, -0.2) is 4.79 Å². The molecule has 1 aliphatic rings. The third-order valence-electron chi connectivity index (χ3n) is 3.18. The van der Waals surface area contributed by atoms with Crippen molar-refractivity contribution in [1.82, 2.24) is 0 Å². The summed E-state index contributed by atoms with van der Waals surface area (Å²) in [5.74, 6) is -1.51. The number of aromatic carboxylic acids is 1. The molecule has 0 aliphatic carbocycles. The lowest BCUT2D eigenvalue weighted by Gasteiger charge is -2.15. The van der Waals surface area contributed by atoms with Gasteiger partial charge in [0.1, 0.15) is 0 Å². The Morgan fingerprint density at radius 2 is 2.21 bits per heavy atom. The van der Waals surface area contributed by atoms with E-state index >= 15 is 0 Å². The molecular formula is C13H14BrNO4. The lowest BCUT2D eigenvalue weighted by Crippen LogP contribution is -2.28. The van der Waals surface area contributed by atoms with Crippen molar-refractivity contribution in [3.8, 4) is 0 Å². The number of ether oxygens (including phenoxy) is 1. The molecule has 6 heteroatoms. The highest BCUT2D eigenvalue weighted by atomic mass is 79.9. The van der Waals surface area contributed by atoms with E-state index < -0.39 is 5.97 Å². The molecule has 0 bridgehead atoms. The van der Waals surface area contributed by atoms with E-state index in [0.29, 0.717) is 23.2 Å². The average molecular weight is 328 g/mol. The Morgan fingerprint density at radius 3 is 2.79 bits per heavy atom. The standard InChI is InChI=1S/C13H14BrNO4/c1-7-9(4-5-19-7)12(16)15-11-3-2-8(14)6-10(11)13(17)18/h2-3,6-7,9H,4-5H2,1H3,(H,15,16)(H,17,18). The molecule has 2 N–H and O–H groups in total. The first-order chi connectivity index (χ1) is 8.99. The van der Waals surface area contributed by atoms with Crippen molar-refractivity contribution in [2.24, 2.45) is 5.92 Å². The maximum Gasteiger partial charge on any atom is 0.337 e. The van der Waals surface area contributed by atoms with Gasteiger partial charge in [-0.05, 0) is 31.5 Å². The first kappa shape index (κ1) is 14.0. The van der Waals surface area contributed by atoms with Crippen LogP contribution in [0.2, 0.25) is 0 Å². The zero-order valence-corrected chi connectivity index (χ0v) is 11.9. The average Bonchev–Trinajstić information content (AvgIpc) is 2.77. The molecule has 1 aromatic rings. The Balaban J connectivity index is 2.19. The van der Waals surface area contributed by atoms with Gasteiger partial charge >= 0.3 is 5.97 Å². The molecule has 19 heavy (non-hydrogen) atoms. The van der Waals surface area contributed by atoms with Gasteiger partial charge in [-0.2, -0.15) is 0 Å². The monoisotopic (exact) mass is 327 g/mol. The van der Waals surface area contributed by atoms with Gasteiger partial charge in [0.25, 0.3) is 0 Å². The van der Waals surface area contributed by atoms with Crippen molar-refractivity contribution in [2.45, 2.75) is 19.4 Å². The summed E-state index contributed by atoms with van der Waals surface area (Å²) in [5.41, 5.74) is 0.370. The summed E-state index contributed by atoms with van der Waals surface area (Å²) in [6.45, 7) is 2.41. The van der Waals surface area contributed by atoms with Crippen molar-refractivity contribution in [3.05, 3.63) is 28.2 Å². The minimum Gasteiger partial charge on any atom is -0.478 e. The molecule has 5 nitrogen and oxygen atoms in total. The number of anilines is 1. The quantitative estimate of drug-likeness (QED) is 0.894. The molecule has 1 aromatic carbocycles. The van der Waals surface area contributed by atoms with Crippen LogP contribution in [0.15, 0.2) is 22.7 Å². The van der Waals surface area contributed by atoms with Crippen molar-refractivity contribution >= 4 is 33.5 Å². The predicted molar refractivity (Wildman–Crippen MR) is 73.3 cm³/mol. The molecule has 0 radical (unpaired) electrons. The van der Waals surface area contributed by atoms with Crippen LogP contribution in [0.4, 0.5) is 5.69 Å². The number of halogens is 1. The Kier molecular flexibility index (Phi) is 4.21. The van der Waals surface area contributed by atoms with Crippen LogP contribution < -0.4 is 5.32 Å². The summed E-state index contributed by atoms with van der Waals surface area (Å²) in [6.07, 6.45) is 0.523. The summed E-state index contributed by atoms with van der Waals surface area (Å²) in [4.78, 5) is 23.2. The first-order valence-electron chi connectivity index (χ1n) is 5.94. The fourth-order valence-corrected chi connectivity index (χ4v) is 2.46. The molecule has 0 saturated carbocycles. The van der Waals surface area contributed by atoms with Crippen molar-refractivity contribution in [1.29, 1.82) is 0 Å². The molecule has 1 aliphatic heterocycles. The second-order valence-corrected chi connectivity index (χ2v) is 5.37. The highest BCUT2D eigenvalue weighted by Gasteiger charge is 2.31. The smallest absolute Gasteiger partial charge is 0.337 e. The summed E-state index contributed by atoms with van der Waals surface area (Å²) >= 11 is 3.21. The van der Waals surface area contributed by atoms with Crippen LogP contribution in [0.25, 0.3) is 0 Å². The number of nitrogens with one attached hydrogen (secondary N) is 1. The van der Waals surface area contributed by atoms with E-state index in [-0.39, 0.29) is 23.5 Å². The largest absolute Gasteiger partial charge is 0.478 e. The minimum absolute atomic E-state index is 0.0642. The number of carboxylic acids is 1. The molecule has 2 atom stereocenters. The first-order valence-corrected chi connectivity index (χ1v) is 6.73. The molecule has 0 spiro atoms. The summed E-state index contributed by atoms with van der Waals surface area (Å²) in [6, 6.07) is 4.73. The molecule has 0 aromatic heterocycles. The van der Waals surface area contributed by atoms with E-state index in [1.807, 2.05) is 6.92 Å². The van der Waals surface area contributed by atoms with E-state index in [1.54, 1.807) is 12.1 Å². The number of carbonyl (C=O) groups excluding carboxylic acids is 1. The van der Waals surface area contributed by atoms with Crippen LogP contribution >= 0.6 is 15.9 Å². The zero-order valence-electron chi connectivity index (χ0n) is 10.4. The Hall–Kier alpha value is -1.40. The van der Waals surface area contributed by atoms with Gasteiger partial charge in [0.2, 0.25) is 5.91 Å². The second kappa shape index (κ2) is 5.71.